The van der Waals surface area contributed by atoms with E-state index in [2.05, 4.69) is 12.2 Å². The Kier molecular flexibility index (Phi) is 5.29. The van der Waals surface area contributed by atoms with Crippen molar-refractivity contribution in [2.75, 3.05) is 19.0 Å². The van der Waals surface area contributed by atoms with E-state index in [9.17, 15) is 19.2 Å². The quantitative estimate of drug-likeness (QED) is 0.463. The van der Waals surface area contributed by atoms with Crippen LogP contribution in [0.1, 0.15) is 47.0 Å². The Balaban J connectivity index is 1.52. The second kappa shape index (κ2) is 7.74. The fraction of sp³-hybridized carbons (Fsp3) is 0.524. The van der Waals surface area contributed by atoms with Crippen LogP contribution in [0.4, 0.5) is 5.00 Å². The lowest BCUT2D eigenvalue weighted by molar-refractivity contribution is -0.142. The maximum atomic E-state index is 12.7. The summed E-state index contributed by atoms with van der Waals surface area (Å²) in [5.74, 6) is -1.72. The van der Waals surface area contributed by atoms with Gasteiger partial charge in [-0.3, -0.25) is 19.3 Å². The first-order valence-electron chi connectivity index (χ1n) is 9.93. The monoisotopic (exact) mass is 416 g/mol. The molecule has 3 atom stereocenters. The van der Waals surface area contributed by atoms with Gasteiger partial charge in [0.2, 0.25) is 17.7 Å². The number of ether oxygens (including phenoxy) is 1. The molecule has 1 N–H and O–H groups in total. The zero-order valence-corrected chi connectivity index (χ0v) is 17.3. The highest BCUT2D eigenvalue weighted by molar-refractivity contribution is 7.17. The predicted molar refractivity (Wildman–Crippen MR) is 108 cm³/mol. The minimum absolute atomic E-state index is 0.285. The average Bonchev–Trinajstić information content (AvgIpc) is 3.17. The van der Waals surface area contributed by atoms with Crippen LogP contribution < -0.4 is 5.32 Å². The molecule has 2 heterocycles. The molecule has 0 bridgehead atoms. The molecule has 1 fully saturated rings. The molecule has 154 valence electrons. The molecule has 1 saturated heterocycles. The standard InChI is InChI=1S/C21H24N2O5S/c1-11-7-8-14-15(9-11)29-18(17(14)21(27)28-2)22-16(24)10-23-19(25)12-5-3-4-6-13(12)20(23)26/h3-4,11-13H,5-10H2,1-2H3,(H,22,24). The number of fused-ring (bicyclic) bond motifs is 2. The molecule has 2 aliphatic carbocycles. The SMILES string of the molecule is COC(=O)c1c(NC(=O)CN2C(=O)C3CC=CCC3C2=O)sc2c1CCC(C)C2. The van der Waals surface area contributed by atoms with Gasteiger partial charge in [0, 0.05) is 4.88 Å². The van der Waals surface area contributed by atoms with E-state index < -0.39 is 11.9 Å². The highest BCUT2D eigenvalue weighted by Gasteiger charge is 2.47. The van der Waals surface area contributed by atoms with Gasteiger partial charge in [0.25, 0.3) is 0 Å². The van der Waals surface area contributed by atoms with Gasteiger partial charge in [-0.2, -0.15) is 0 Å². The van der Waals surface area contributed by atoms with Crippen molar-refractivity contribution in [1.82, 2.24) is 4.90 Å². The third kappa shape index (κ3) is 3.50. The maximum Gasteiger partial charge on any atom is 0.341 e. The highest BCUT2D eigenvalue weighted by Crippen LogP contribution is 2.40. The summed E-state index contributed by atoms with van der Waals surface area (Å²) in [7, 11) is 1.32. The number of likely N-dealkylation sites (tertiary alicyclic amines) is 1. The van der Waals surface area contributed by atoms with Gasteiger partial charge in [0.1, 0.15) is 11.5 Å². The van der Waals surface area contributed by atoms with Crippen LogP contribution in [-0.2, 0) is 32.0 Å². The summed E-state index contributed by atoms with van der Waals surface area (Å²) < 4.78 is 4.93. The lowest BCUT2D eigenvalue weighted by Crippen LogP contribution is -2.38. The second-order valence-electron chi connectivity index (χ2n) is 8.01. The zero-order chi connectivity index (χ0) is 20.7. The van der Waals surface area contributed by atoms with Crippen LogP contribution in [0.2, 0.25) is 0 Å². The molecule has 7 nitrogen and oxygen atoms in total. The highest BCUT2D eigenvalue weighted by atomic mass is 32.1. The summed E-state index contributed by atoms with van der Waals surface area (Å²) in [6.07, 6.45) is 7.51. The predicted octanol–water partition coefficient (Wildman–Crippen LogP) is 2.55. The number of hydrogen-bond acceptors (Lipinski definition) is 6. The first-order valence-corrected chi connectivity index (χ1v) is 10.7. The lowest BCUT2D eigenvalue weighted by atomic mass is 9.85. The number of imide groups is 1. The summed E-state index contributed by atoms with van der Waals surface area (Å²) in [5, 5.41) is 3.21. The molecule has 3 amide bonds. The molecule has 8 heteroatoms. The number of nitrogens with one attached hydrogen (secondary N) is 1. The van der Waals surface area contributed by atoms with Crippen LogP contribution in [0.15, 0.2) is 12.2 Å². The number of rotatable bonds is 4. The Hall–Kier alpha value is -2.48. The number of hydrogen-bond donors (Lipinski definition) is 1. The van der Waals surface area contributed by atoms with Crippen LogP contribution in [0.3, 0.4) is 0 Å². The summed E-state index contributed by atoms with van der Waals surface area (Å²) in [5.41, 5.74) is 1.35. The van der Waals surface area contributed by atoms with E-state index >= 15 is 0 Å². The second-order valence-corrected chi connectivity index (χ2v) is 9.12. The van der Waals surface area contributed by atoms with Crippen LogP contribution >= 0.6 is 11.3 Å². The van der Waals surface area contributed by atoms with Crippen LogP contribution in [0.25, 0.3) is 0 Å². The largest absolute Gasteiger partial charge is 0.465 e. The molecule has 0 radical (unpaired) electrons. The third-order valence-corrected chi connectivity index (χ3v) is 7.22. The van der Waals surface area contributed by atoms with Crippen molar-refractivity contribution in [3.63, 3.8) is 0 Å². The van der Waals surface area contributed by atoms with Gasteiger partial charge in [-0.15, -0.1) is 11.3 Å². The van der Waals surface area contributed by atoms with Gasteiger partial charge in [-0.1, -0.05) is 19.1 Å². The van der Waals surface area contributed by atoms with Crippen molar-refractivity contribution in [3.05, 3.63) is 28.2 Å². The molecule has 3 unspecified atom stereocenters. The molecule has 1 aromatic heterocycles. The maximum absolute atomic E-state index is 12.7. The van der Waals surface area contributed by atoms with Gasteiger partial charge in [-0.05, 0) is 43.6 Å². The van der Waals surface area contributed by atoms with E-state index in [0.29, 0.717) is 29.3 Å². The topological polar surface area (TPSA) is 92.8 Å². The molecule has 0 spiro atoms. The molecule has 3 aliphatic rings. The number of carbonyl (C=O) groups is 4. The van der Waals surface area contributed by atoms with Crippen molar-refractivity contribution in [1.29, 1.82) is 0 Å². The molecule has 29 heavy (non-hydrogen) atoms. The lowest BCUT2D eigenvalue weighted by Gasteiger charge is -2.18. The Labute approximate surface area is 173 Å². The number of methoxy groups -OCH3 is 1. The van der Waals surface area contributed by atoms with E-state index in [1.54, 1.807) is 0 Å². The van der Waals surface area contributed by atoms with Crippen molar-refractivity contribution in [3.8, 4) is 0 Å². The van der Waals surface area contributed by atoms with Gasteiger partial charge < -0.3 is 10.1 Å². The molecule has 4 rings (SSSR count). The van der Waals surface area contributed by atoms with Gasteiger partial charge in [0.05, 0.1) is 24.5 Å². The summed E-state index contributed by atoms with van der Waals surface area (Å²) in [4.78, 5) is 52.3. The molecular weight excluding hydrogens is 392 g/mol. The fourth-order valence-electron chi connectivity index (χ4n) is 4.49. The minimum Gasteiger partial charge on any atom is -0.465 e. The van der Waals surface area contributed by atoms with Crippen molar-refractivity contribution >= 4 is 40.0 Å². The Morgan fingerprint density at radius 2 is 1.86 bits per heavy atom. The first-order chi connectivity index (χ1) is 13.9. The van der Waals surface area contributed by atoms with Gasteiger partial charge in [0.15, 0.2) is 0 Å². The fourth-order valence-corrected chi connectivity index (χ4v) is 5.91. The smallest absolute Gasteiger partial charge is 0.341 e. The van der Waals surface area contributed by atoms with Crippen LogP contribution in [0, 0.1) is 17.8 Å². The van der Waals surface area contributed by atoms with Gasteiger partial charge >= 0.3 is 5.97 Å². The van der Waals surface area contributed by atoms with Gasteiger partial charge in [-0.25, -0.2) is 4.79 Å². The molecular formula is C21H24N2O5S. The van der Waals surface area contributed by atoms with Crippen LogP contribution in [-0.4, -0.2) is 42.2 Å². The minimum atomic E-state index is -0.477. The van der Waals surface area contributed by atoms with E-state index in [0.717, 1.165) is 34.6 Å². The van der Waals surface area contributed by atoms with Crippen LogP contribution in [0.5, 0.6) is 0 Å². The van der Waals surface area contributed by atoms with E-state index in [4.69, 9.17) is 4.74 Å². The Morgan fingerprint density at radius 3 is 2.48 bits per heavy atom. The van der Waals surface area contributed by atoms with Crippen molar-refractivity contribution < 1.29 is 23.9 Å². The van der Waals surface area contributed by atoms with Crippen molar-refractivity contribution in [2.24, 2.45) is 17.8 Å². The summed E-state index contributed by atoms with van der Waals surface area (Å²) >= 11 is 1.39. The van der Waals surface area contributed by atoms with E-state index in [1.807, 2.05) is 12.2 Å². The number of thiophene rings is 1. The third-order valence-electron chi connectivity index (χ3n) is 6.05. The molecule has 0 saturated carbocycles. The number of nitrogens with zero attached hydrogens (tertiary/aromatic N) is 1. The number of amides is 3. The number of esters is 1. The Bertz CT molecular complexity index is 892. The average molecular weight is 416 g/mol. The first kappa shape index (κ1) is 19.8. The van der Waals surface area contributed by atoms with E-state index in [-0.39, 0.29) is 30.2 Å². The normalized spacial score (nSPS) is 25.6. The van der Waals surface area contributed by atoms with E-state index in [1.165, 1.54) is 18.4 Å². The Morgan fingerprint density at radius 1 is 1.21 bits per heavy atom. The molecule has 0 aromatic carbocycles. The molecule has 1 aromatic rings. The summed E-state index contributed by atoms with van der Waals surface area (Å²) in [6, 6.07) is 0. The summed E-state index contributed by atoms with van der Waals surface area (Å²) in [6.45, 7) is 1.84. The number of allylic oxidation sites excluding steroid dienone is 2. The number of carbonyl (C=O) groups excluding carboxylic acids is 4. The zero-order valence-electron chi connectivity index (χ0n) is 16.5. The molecule has 1 aliphatic heterocycles. The number of anilines is 1. The van der Waals surface area contributed by atoms with Crippen molar-refractivity contribution in [2.45, 2.75) is 39.0 Å².